The molecule has 0 unspecified atom stereocenters. The highest BCUT2D eigenvalue weighted by atomic mass is 32.2. The second-order valence-electron chi connectivity index (χ2n) is 28.8. The fraction of sp³-hybridized carbons (Fsp3) is 0.349. The van der Waals surface area contributed by atoms with Crippen LogP contribution in [0, 0.1) is 11.8 Å². The summed E-state index contributed by atoms with van der Waals surface area (Å²) in [5.41, 5.74) is 16.8. The molecular formula is C86H94N2O2S2. The van der Waals surface area contributed by atoms with Gasteiger partial charge in [-0.25, -0.2) is 0 Å². The lowest BCUT2D eigenvalue weighted by molar-refractivity contribution is 0.0976. The summed E-state index contributed by atoms with van der Waals surface area (Å²) in [4.78, 5) is 35.6. The van der Waals surface area contributed by atoms with Gasteiger partial charge in [0.1, 0.15) is 0 Å². The lowest BCUT2D eigenvalue weighted by Crippen LogP contribution is -2.25. The van der Waals surface area contributed by atoms with E-state index in [1.807, 2.05) is 24.3 Å². The van der Waals surface area contributed by atoms with Crippen LogP contribution in [0.1, 0.15) is 224 Å². The first kappa shape index (κ1) is 64.7. The highest BCUT2D eigenvalue weighted by Gasteiger charge is 2.39. The fourth-order valence-corrected chi connectivity index (χ4v) is 16.4. The summed E-state index contributed by atoms with van der Waals surface area (Å²) in [6, 6.07) is 69.6. The quantitative estimate of drug-likeness (QED) is 0.0699. The Morgan fingerprint density at radius 2 is 0.652 bits per heavy atom. The molecule has 0 aromatic heterocycles. The van der Waals surface area contributed by atoms with Gasteiger partial charge in [-0.15, -0.1) is 0 Å². The molecule has 0 atom stereocenters. The second-order valence-corrected chi connectivity index (χ2v) is 31.0. The molecule has 6 heteroatoms. The van der Waals surface area contributed by atoms with Crippen molar-refractivity contribution in [3.63, 3.8) is 0 Å². The molecule has 0 heterocycles. The molecule has 2 fully saturated rings. The van der Waals surface area contributed by atoms with E-state index in [1.54, 1.807) is 0 Å². The SMILES string of the molecule is CCCCCC1CCC(c2ccc(-c3ccc(Sc4ccc(Nc5ccc(C(C)(C)C)cc5)c5c4C(=O)c4c(Nc6ccc(C(C)(C)C)cc6)ccc(Sc6ccc(-c7ccc(-c8ccc(C9CCC(CCCCC)CC9)cc8)cc7)cc6)c4C5=O)cc3)cc2)CC1. The van der Waals surface area contributed by atoms with E-state index in [0.717, 1.165) is 59.5 Å². The smallest absolute Gasteiger partial charge is 0.197 e. The minimum atomic E-state index is -0.189. The van der Waals surface area contributed by atoms with Gasteiger partial charge in [0.15, 0.2) is 11.6 Å². The van der Waals surface area contributed by atoms with Crippen LogP contribution in [-0.2, 0) is 10.8 Å². The maximum absolute atomic E-state index is 16.1. The highest BCUT2D eigenvalue weighted by molar-refractivity contribution is 7.99. The molecule has 92 heavy (non-hydrogen) atoms. The number of hydrogen-bond donors (Lipinski definition) is 2. The van der Waals surface area contributed by atoms with Crippen molar-refractivity contribution in [2.24, 2.45) is 11.8 Å². The summed E-state index contributed by atoms with van der Waals surface area (Å²) < 4.78 is 0. The molecule has 9 aromatic carbocycles. The number of ketones is 2. The molecule has 0 radical (unpaired) electrons. The first-order chi connectivity index (χ1) is 44.6. The van der Waals surface area contributed by atoms with Gasteiger partial charge in [0.05, 0.1) is 22.5 Å². The van der Waals surface area contributed by atoms with Gasteiger partial charge in [-0.2, -0.15) is 0 Å². The maximum atomic E-state index is 16.1. The van der Waals surface area contributed by atoms with Gasteiger partial charge in [0.25, 0.3) is 0 Å². The van der Waals surface area contributed by atoms with Gasteiger partial charge in [-0.3, -0.25) is 9.59 Å². The molecule has 472 valence electrons. The summed E-state index contributed by atoms with van der Waals surface area (Å²) in [6.45, 7) is 17.9. The summed E-state index contributed by atoms with van der Waals surface area (Å²) in [5, 5.41) is 7.27. The Morgan fingerprint density at radius 1 is 0.348 bits per heavy atom. The van der Waals surface area contributed by atoms with E-state index in [4.69, 9.17) is 0 Å². The molecule has 12 rings (SSSR count). The topological polar surface area (TPSA) is 58.2 Å². The van der Waals surface area contributed by atoms with Crippen molar-refractivity contribution in [1.29, 1.82) is 0 Å². The third-order valence-corrected chi connectivity index (χ3v) is 22.4. The molecular weight excluding hydrogens is 1160 g/mol. The van der Waals surface area contributed by atoms with Crippen molar-refractivity contribution in [2.75, 3.05) is 10.6 Å². The number of rotatable bonds is 21. The zero-order valence-corrected chi connectivity index (χ0v) is 57.4. The Hall–Kier alpha value is -7.38. The largest absolute Gasteiger partial charge is 0.355 e. The Labute approximate surface area is 558 Å². The summed E-state index contributed by atoms with van der Waals surface area (Å²) in [5.74, 6) is 2.76. The Morgan fingerprint density at radius 3 is 0.957 bits per heavy atom. The molecule has 0 saturated heterocycles. The monoisotopic (exact) mass is 1250 g/mol. The standard InChI is InChI=1S/C86H94N2O2S2/c1-9-11-13-15-57-17-21-59(22-18-57)61-25-29-63(30-26-61)64-31-35-66(36-32-64)68-39-51-74(52-40-68)92-78-56-54-76(88-72-47-43-70(44-48-72)86(6,7)8)80-82(78)84(90)79-75(87-71-45-41-69(42-46-71)85(3,4)5)53-55-77(81(79)83(80)89)91-73-49-37-67(38-50-73)65-33-27-62(28-34-65)60-23-19-58(20-24-60)16-14-12-10-2/h25-60,87-88H,9-24H2,1-8H3. The van der Waals surface area contributed by atoms with E-state index in [1.165, 1.54) is 165 Å². The number of carbonyl (C=O) groups excluding carboxylic acids is 2. The van der Waals surface area contributed by atoms with Crippen LogP contribution in [0.5, 0.6) is 0 Å². The molecule has 2 saturated carbocycles. The normalized spacial score (nSPS) is 17.5. The Kier molecular flexibility index (Phi) is 20.3. The van der Waals surface area contributed by atoms with E-state index in [0.29, 0.717) is 45.5 Å². The van der Waals surface area contributed by atoms with Crippen LogP contribution in [0.3, 0.4) is 0 Å². The molecule has 0 amide bonds. The lowest BCUT2D eigenvalue weighted by atomic mass is 9.77. The number of anilines is 4. The lowest BCUT2D eigenvalue weighted by Gasteiger charge is -2.29. The van der Waals surface area contributed by atoms with Crippen LogP contribution in [0.4, 0.5) is 22.7 Å². The number of unbranched alkanes of at least 4 members (excludes halogenated alkanes) is 4. The molecule has 0 spiro atoms. The number of benzene rings is 9. The average molecular weight is 1250 g/mol. The van der Waals surface area contributed by atoms with E-state index in [-0.39, 0.29) is 22.4 Å². The van der Waals surface area contributed by atoms with E-state index in [2.05, 4.69) is 236 Å². The van der Waals surface area contributed by atoms with E-state index < -0.39 is 0 Å². The first-order valence-corrected chi connectivity index (χ1v) is 36.3. The minimum absolute atomic E-state index is 0.0299. The molecule has 9 aromatic rings. The number of fused-ring (bicyclic) bond motifs is 2. The van der Waals surface area contributed by atoms with Gasteiger partial charge in [0, 0.05) is 42.1 Å². The van der Waals surface area contributed by atoms with E-state index in [9.17, 15) is 0 Å². The minimum Gasteiger partial charge on any atom is -0.355 e. The molecule has 2 N–H and O–H groups in total. The van der Waals surface area contributed by atoms with Crippen molar-refractivity contribution in [1.82, 2.24) is 0 Å². The number of carbonyl (C=O) groups is 2. The van der Waals surface area contributed by atoms with Crippen molar-refractivity contribution in [3.8, 4) is 33.4 Å². The number of hydrogen-bond acceptors (Lipinski definition) is 6. The van der Waals surface area contributed by atoms with Gasteiger partial charge in [0.2, 0.25) is 0 Å². The fourth-order valence-electron chi connectivity index (χ4n) is 14.5. The molecule has 3 aliphatic carbocycles. The van der Waals surface area contributed by atoms with Crippen molar-refractivity contribution in [2.45, 2.75) is 200 Å². The third kappa shape index (κ3) is 15.1. The Balaban J connectivity index is 0.825. The summed E-state index contributed by atoms with van der Waals surface area (Å²) >= 11 is 3.06. The van der Waals surface area contributed by atoms with Crippen LogP contribution in [0.2, 0.25) is 0 Å². The molecule has 0 bridgehead atoms. The molecule has 4 nitrogen and oxygen atoms in total. The van der Waals surface area contributed by atoms with E-state index >= 15 is 9.59 Å². The van der Waals surface area contributed by atoms with Crippen molar-refractivity contribution >= 4 is 57.8 Å². The molecule has 3 aliphatic rings. The van der Waals surface area contributed by atoms with Crippen molar-refractivity contribution < 1.29 is 9.59 Å². The second kappa shape index (κ2) is 28.9. The first-order valence-electron chi connectivity index (χ1n) is 34.6. The zero-order valence-electron chi connectivity index (χ0n) is 55.7. The maximum Gasteiger partial charge on any atom is 0.197 e. The third-order valence-electron chi connectivity index (χ3n) is 20.2. The summed E-state index contributed by atoms with van der Waals surface area (Å²) in [6.07, 6.45) is 21.5. The average Bonchev–Trinajstić information content (AvgIpc) is 0.728. The highest BCUT2D eigenvalue weighted by Crippen LogP contribution is 2.48. The number of nitrogens with one attached hydrogen (secondary N) is 2. The predicted molar refractivity (Wildman–Crippen MR) is 392 cm³/mol. The molecule has 0 aliphatic heterocycles. The van der Waals surface area contributed by atoms with Crippen LogP contribution in [-0.4, -0.2) is 11.6 Å². The predicted octanol–water partition coefficient (Wildman–Crippen LogP) is 25.6. The van der Waals surface area contributed by atoms with Gasteiger partial charge in [-0.05, 0) is 214 Å². The van der Waals surface area contributed by atoms with Crippen LogP contribution in [0.15, 0.2) is 214 Å². The Bertz CT molecular complexity index is 3970. The summed E-state index contributed by atoms with van der Waals surface area (Å²) in [7, 11) is 0. The van der Waals surface area contributed by atoms with Gasteiger partial charge >= 0.3 is 0 Å². The van der Waals surface area contributed by atoms with Crippen LogP contribution >= 0.6 is 23.5 Å². The van der Waals surface area contributed by atoms with Crippen LogP contribution in [0.25, 0.3) is 33.4 Å². The van der Waals surface area contributed by atoms with Gasteiger partial charge in [-0.1, -0.05) is 252 Å². The van der Waals surface area contributed by atoms with Gasteiger partial charge < -0.3 is 10.6 Å². The zero-order chi connectivity index (χ0) is 63.9. The van der Waals surface area contributed by atoms with Crippen LogP contribution < -0.4 is 10.6 Å². The van der Waals surface area contributed by atoms with Crippen molar-refractivity contribution in [3.05, 3.63) is 239 Å².